The number of nitrogens with two attached hydrogens (primary N) is 1. The highest BCUT2D eigenvalue weighted by Crippen LogP contribution is 2.27. The van der Waals surface area contributed by atoms with Crippen LogP contribution in [0.5, 0.6) is 0 Å². The Hall–Kier alpha value is -1.55. The van der Waals surface area contributed by atoms with Crippen LogP contribution in [0.3, 0.4) is 0 Å². The lowest BCUT2D eigenvalue weighted by Gasteiger charge is -2.28. The van der Waals surface area contributed by atoms with E-state index >= 15 is 0 Å². The normalized spacial score (nSPS) is 14.9. The molecule has 1 heterocycles. The highest BCUT2D eigenvalue weighted by molar-refractivity contribution is 5.94. The average Bonchev–Trinajstić information content (AvgIpc) is 2.28. The second-order valence-corrected chi connectivity index (χ2v) is 5.47. The maximum atomic E-state index is 11.3. The van der Waals surface area contributed by atoms with E-state index in [9.17, 15) is 4.79 Å². The summed E-state index contributed by atoms with van der Waals surface area (Å²) in [4.78, 5) is 11.3. The van der Waals surface area contributed by atoms with Crippen LogP contribution in [-0.4, -0.2) is 18.0 Å². The summed E-state index contributed by atoms with van der Waals surface area (Å²) >= 11 is 0. The van der Waals surface area contributed by atoms with Gasteiger partial charge in [-0.3, -0.25) is 4.79 Å². The third-order valence-electron chi connectivity index (χ3n) is 3.25. The van der Waals surface area contributed by atoms with Crippen molar-refractivity contribution in [3.63, 3.8) is 0 Å². The summed E-state index contributed by atoms with van der Waals surface area (Å²) in [5, 5.41) is 6.38. The summed E-state index contributed by atoms with van der Waals surface area (Å²) < 4.78 is 0. The molecule has 0 aliphatic carbocycles. The third kappa shape index (κ3) is 3.01. The topological polar surface area (TPSA) is 67.1 Å². The van der Waals surface area contributed by atoms with Gasteiger partial charge in [0.05, 0.1) is 0 Å². The number of hydrogen-bond acceptors (Lipinski definition) is 3. The SMILES string of the molecule is CC(C)(CCN)Nc1ccc2c(c1)CCC(=O)N2. The van der Waals surface area contributed by atoms with E-state index in [1.165, 1.54) is 5.56 Å². The van der Waals surface area contributed by atoms with Gasteiger partial charge in [0.25, 0.3) is 0 Å². The van der Waals surface area contributed by atoms with Crippen molar-refractivity contribution in [3.8, 4) is 0 Å². The molecule has 2 rings (SSSR count). The molecule has 4 heteroatoms. The lowest BCUT2D eigenvalue weighted by molar-refractivity contribution is -0.116. The summed E-state index contributed by atoms with van der Waals surface area (Å²) in [7, 11) is 0. The van der Waals surface area contributed by atoms with Gasteiger partial charge in [-0.25, -0.2) is 0 Å². The molecule has 1 amide bonds. The number of carbonyl (C=O) groups is 1. The minimum Gasteiger partial charge on any atom is -0.380 e. The Balaban J connectivity index is 2.14. The van der Waals surface area contributed by atoms with Crippen molar-refractivity contribution in [2.45, 2.75) is 38.6 Å². The number of anilines is 2. The van der Waals surface area contributed by atoms with Crippen molar-refractivity contribution < 1.29 is 4.79 Å². The second-order valence-electron chi connectivity index (χ2n) is 5.47. The summed E-state index contributed by atoms with van der Waals surface area (Å²) in [6, 6.07) is 6.09. The number of amides is 1. The highest BCUT2D eigenvalue weighted by Gasteiger charge is 2.18. The monoisotopic (exact) mass is 247 g/mol. The number of nitrogens with one attached hydrogen (secondary N) is 2. The Bertz CT molecular complexity index is 454. The van der Waals surface area contributed by atoms with Gasteiger partial charge in [0, 0.05) is 23.3 Å². The number of carbonyl (C=O) groups excluding carboxylic acids is 1. The van der Waals surface area contributed by atoms with Gasteiger partial charge >= 0.3 is 0 Å². The van der Waals surface area contributed by atoms with E-state index in [0.717, 1.165) is 24.2 Å². The number of hydrogen-bond donors (Lipinski definition) is 3. The van der Waals surface area contributed by atoms with Crippen LogP contribution in [0.2, 0.25) is 0 Å². The fourth-order valence-electron chi connectivity index (χ4n) is 2.28. The molecule has 4 nitrogen and oxygen atoms in total. The zero-order chi connectivity index (χ0) is 13.2. The Morgan fingerprint density at radius 2 is 2.17 bits per heavy atom. The molecular formula is C14H21N3O. The van der Waals surface area contributed by atoms with Gasteiger partial charge in [0.2, 0.25) is 5.91 Å². The summed E-state index contributed by atoms with van der Waals surface area (Å²) in [5.41, 5.74) is 8.82. The molecule has 0 spiro atoms. The molecule has 0 unspecified atom stereocenters. The molecule has 18 heavy (non-hydrogen) atoms. The first-order valence-electron chi connectivity index (χ1n) is 6.41. The number of rotatable bonds is 4. The maximum absolute atomic E-state index is 11.3. The minimum atomic E-state index is -0.0130. The number of fused-ring (bicyclic) bond motifs is 1. The van der Waals surface area contributed by atoms with Gasteiger partial charge in [-0.2, -0.15) is 0 Å². The molecular weight excluding hydrogens is 226 g/mol. The van der Waals surface area contributed by atoms with Crippen molar-refractivity contribution in [1.29, 1.82) is 0 Å². The molecule has 0 fully saturated rings. The smallest absolute Gasteiger partial charge is 0.224 e. The zero-order valence-corrected chi connectivity index (χ0v) is 11.0. The summed E-state index contributed by atoms with van der Waals surface area (Å²) in [5.74, 6) is 0.103. The zero-order valence-electron chi connectivity index (χ0n) is 11.0. The van der Waals surface area contributed by atoms with Gasteiger partial charge in [-0.15, -0.1) is 0 Å². The Labute approximate surface area is 108 Å². The van der Waals surface area contributed by atoms with E-state index in [-0.39, 0.29) is 11.4 Å². The van der Waals surface area contributed by atoms with Crippen LogP contribution in [-0.2, 0) is 11.2 Å². The van der Waals surface area contributed by atoms with Crippen LogP contribution in [0.25, 0.3) is 0 Å². The Morgan fingerprint density at radius 3 is 2.89 bits per heavy atom. The molecule has 98 valence electrons. The lowest BCUT2D eigenvalue weighted by atomic mass is 9.98. The fourth-order valence-corrected chi connectivity index (χ4v) is 2.28. The van der Waals surface area contributed by atoms with Crippen LogP contribution in [0.15, 0.2) is 18.2 Å². The van der Waals surface area contributed by atoms with Gasteiger partial charge in [-0.05, 0) is 57.0 Å². The minimum absolute atomic E-state index is 0.0130. The highest BCUT2D eigenvalue weighted by atomic mass is 16.1. The van der Waals surface area contributed by atoms with Gasteiger partial charge in [-0.1, -0.05) is 0 Å². The van der Waals surface area contributed by atoms with Crippen LogP contribution in [0.4, 0.5) is 11.4 Å². The van der Waals surface area contributed by atoms with E-state index in [0.29, 0.717) is 13.0 Å². The molecule has 4 N–H and O–H groups in total. The summed E-state index contributed by atoms with van der Waals surface area (Å²) in [6.45, 7) is 4.95. The van der Waals surface area contributed by atoms with Gasteiger partial charge < -0.3 is 16.4 Å². The van der Waals surface area contributed by atoms with Crippen molar-refractivity contribution in [2.24, 2.45) is 5.73 Å². The van der Waals surface area contributed by atoms with Crippen molar-refractivity contribution in [1.82, 2.24) is 0 Å². The number of aryl methyl sites for hydroxylation is 1. The molecule has 0 aromatic heterocycles. The standard InChI is InChI=1S/C14H21N3O/c1-14(2,7-8-15)17-11-4-5-12-10(9-11)3-6-13(18)16-12/h4-5,9,17H,3,6-8,15H2,1-2H3,(H,16,18). The van der Waals surface area contributed by atoms with Crippen molar-refractivity contribution in [2.75, 3.05) is 17.2 Å². The van der Waals surface area contributed by atoms with Crippen molar-refractivity contribution in [3.05, 3.63) is 23.8 Å². The van der Waals surface area contributed by atoms with Gasteiger partial charge in [0.15, 0.2) is 0 Å². The first-order valence-corrected chi connectivity index (χ1v) is 6.41. The Morgan fingerprint density at radius 1 is 1.39 bits per heavy atom. The molecule has 1 aliphatic heterocycles. The predicted molar refractivity (Wildman–Crippen MR) is 74.8 cm³/mol. The van der Waals surface area contributed by atoms with E-state index in [4.69, 9.17) is 5.73 Å². The molecule has 0 radical (unpaired) electrons. The molecule has 1 aliphatic rings. The van der Waals surface area contributed by atoms with E-state index in [2.05, 4.69) is 30.5 Å². The summed E-state index contributed by atoms with van der Waals surface area (Å²) in [6.07, 6.45) is 2.30. The van der Waals surface area contributed by atoms with E-state index in [1.807, 2.05) is 12.1 Å². The molecule has 0 atom stereocenters. The molecule has 0 bridgehead atoms. The van der Waals surface area contributed by atoms with Crippen LogP contribution < -0.4 is 16.4 Å². The van der Waals surface area contributed by atoms with Crippen molar-refractivity contribution >= 4 is 17.3 Å². The van der Waals surface area contributed by atoms with Crippen LogP contribution >= 0.6 is 0 Å². The van der Waals surface area contributed by atoms with Crippen LogP contribution in [0, 0.1) is 0 Å². The first kappa shape index (κ1) is 12.9. The van der Waals surface area contributed by atoms with E-state index < -0.39 is 0 Å². The molecule has 0 saturated heterocycles. The second kappa shape index (κ2) is 4.98. The largest absolute Gasteiger partial charge is 0.380 e. The average molecular weight is 247 g/mol. The molecule has 1 aromatic carbocycles. The fraction of sp³-hybridized carbons (Fsp3) is 0.500. The van der Waals surface area contributed by atoms with Crippen LogP contribution in [0.1, 0.15) is 32.3 Å². The van der Waals surface area contributed by atoms with E-state index in [1.54, 1.807) is 0 Å². The predicted octanol–water partition coefficient (Wildman–Crippen LogP) is 2.11. The molecule has 1 aromatic rings. The first-order chi connectivity index (χ1) is 8.50. The molecule has 0 saturated carbocycles. The quantitative estimate of drug-likeness (QED) is 0.763. The number of benzene rings is 1. The van der Waals surface area contributed by atoms with Gasteiger partial charge in [0.1, 0.15) is 0 Å². The Kier molecular flexibility index (Phi) is 3.57. The maximum Gasteiger partial charge on any atom is 0.224 e. The third-order valence-corrected chi connectivity index (χ3v) is 3.25. The lowest BCUT2D eigenvalue weighted by Crippen LogP contribution is -2.33.